The lowest BCUT2D eigenvalue weighted by Crippen LogP contribution is -2.38. The summed E-state index contributed by atoms with van der Waals surface area (Å²) in [7, 11) is 0. The summed E-state index contributed by atoms with van der Waals surface area (Å²) in [5, 5.41) is 3.81. The Labute approximate surface area is 149 Å². The summed E-state index contributed by atoms with van der Waals surface area (Å²) in [5.74, 6) is 0.0328. The summed E-state index contributed by atoms with van der Waals surface area (Å²) in [4.78, 5) is 14.6. The molecular weight excluding hydrogens is 320 g/mol. The van der Waals surface area contributed by atoms with Gasteiger partial charge in [-0.15, -0.1) is 0 Å². The molecule has 4 heteroatoms. The van der Waals surface area contributed by atoms with Gasteiger partial charge in [-0.1, -0.05) is 74.0 Å². The van der Waals surface area contributed by atoms with Crippen LogP contribution in [0.2, 0.25) is 5.02 Å². The summed E-state index contributed by atoms with van der Waals surface area (Å²) in [6.45, 7) is 6.61. The van der Waals surface area contributed by atoms with Crippen LogP contribution in [0, 0.1) is 0 Å². The van der Waals surface area contributed by atoms with Gasteiger partial charge in [0.2, 0.25) is 5.91 Å². The number of carbonyl (C=O) groups is 1. The van der Waals surface area contributed by atoms with Crippen LogP contribution in [0.4, 0.5) is 0 Å². The Morgan fingerprint density at radius 1 is 1.04 bits per heavy atom. The normalized spacial score (nSPS) is 12.2. The van der Waals surface area contributed by atoms with Gasteiger partial charge < -0.3 is 5.32 Å². The SMILES string of the molecule is CCN(CC)[C@@H](CNC(=O)Cc1ccccc1)c1ccccc1Cl. The molecule has 0 radical (unpaired) electrons. The maximum Gasteiger partial charge on any atom is 0.224 e. The number of halogens is 1. The van der Waals surface area contributed by atoms with E-state index >= 15 is 0 Å². The zero-order valence-corrected chi connectivity index (χ0v) is 15.1. The fourth-order valence-corrected chi connectivity index (χ4v) is 3.16. The maximum atomic E-state index is 12.3. The number of nitrogens with zero attached hydrogens (tertiary/aromatic N) is 1. The van der Waals surface area contributed by atoms with Gasteiger partial charge in [0.05, 0.1) is 12.5 Å². The molecule has 0 aliphatic rings. The van der Waals surface area contributed by atoms with Crippen LogP contribution in [0.1, 0.15) is 31.0 Å². The zero-order valence-electron chi connectivity index (χ0n) is 14.3. The molecule has 2 rings (SSSR count). The van der Waals surface area contributed by atoms with Gasteiger partial charge in [0.1, 0.15) is 0 Å². The molecule has 0 aliphatic heterocycles. The predicted octanol–water partition coefficient (Wildman–Crippen LogP) is 4.08. The monoisotopic (exact) mass is 344 g/mol. The highest BCUT2D eigenvalue weighted by Crippen LogP contribution is 2.26. The van der Waals surface area contributed by atoms with Crippen molar-refractivity contribution < 1.29 is 4.79 Å². The second-order valence-corrected chi connectivity index (χ2v) is 6.13. The Hall–Kier alpha value is -1.84. The second-order valence-electron chi connectivity index (χ2n) is 5.72. The number of carbonyl (C=O) groups excluding carboxylic acids is 1. The van der Waals surface area contributed by atoms with Crippen LogP contribution in [0.25, 0.3) is 0 Å². The lowest BCUT2D eigenvalue weighted by atomic mass is 10.0. The van der Waals surface area contributed by atoms with Gasteiger partial charge in [-0.05, 0) is 30.3 Å². The number of hydrogen-bond donors (Lipinski definition) is 1. The molecule has 0 unspecified atom stereocenters. The summed E-state index contributed by atoms with van der Waals surface area (Å²) in [6, 6.07) is 17.7. The minimum absolute atomic E-state index is 0.0328. The fraction of sp³-hybridized carbons (Fsp3) is 0.350. The van der Waals surface area contributed by atoms with Crippen LogP contribution in [-0.4, -0.2) is 30.4 Å². The predicted molar refractivity (Wildman–Crippen MR) is 100 cm³/mol. The van der Waals surface area contributed by atoms with Crippen molar-refractivity contribution in [3.8, 4) is 0 Å². The van der Waals surface area contributed by atoms with Crippen molar-refractivity contribution in [2.24, 2.45) is 0 Å². The van der Waals surface area contributed by atoms with Crippen molar-refractivity contribution in [1.29, 1.82) is 0 Å². The Morgan fingerprint density at radius 2 is 1.67 bits per heavy atom. The topological polar surface area (TPSA) is 32.3 Å². The summed E-state index contributed by atoms with van der Waals surface area (Å²) < 4.78 is 0. The molecule has 0 aromatic heterocycles. The first-order valence-corrected chi connectivity index (χ1v) is 8.82. The van der Waals surface area contributed by atoms with E-state index in [1.54, 1.807) is 0 Å². The van der Waals surface area contributed by atoms with E-state index in [1.165, 1.54) is 0 Å². The third-order valence-corrected chi connectivity index (χ3v) is 4.56. The number of hydrogen-bond acceptors (Lipinski definition) is 2. The molecule has 3 nitrogen and oxygen atoms in total. The highest BCUT2D eigenvalue weighted by molar-refractivity contribution is 6.31. The van der Waals surface area contributed by atoms with Crippen LogP contribution >= 0.6 is 11.6 Å². The van der Waals surface area contributed by atoms with Crippen molar-refractivity contribution in [3.05, 3.63) is 70.7 Å². The first-order chi connectivity index (χ1) is 11.7. The summed E-state index contributed by atoms with van der Waals surface area (Å²) in [6.07, 6.45) is 0.397. The highest BCUT2D eigenvalue weighted by Gasteiger charge is 2.20. The molecule has 2 aromatic carbocycles. The molecule has 128 valence electrons. The molecule has 0 heterocycles. The van der Waals surface area contributed by atoms with E-state index in [-0.39, 0.29) is 11.9 Å². The number of likely N-dealkylation sites (N-methyl/N-ethyl adjacent to an activating group) is 1. The van der Waals surface area contributed by atoms with Crippen molar-refractivity contribution in [1.82, 2.24) is 10.2 Å². The lowest BCUT2D eigenvalue weighted by Gasteiger charge is -2.31. The average molecular weight is 345 g/mol. The minimum Gasteiger partial charge on any atom is -0.354 e. The van der Waals surface area contributed by atoms with Gasteiger partial charge in [0.15, 0.2) is 0 Å². The maximum absolute atomic E-state index is 12.3. The number of amides is 1. The molecular formula is C20H25ClN2O. The molecule has 0 spiro atoms. The van der Waals surface area contributed by atoms with E-state index in [0.717, 1.165) is 29.2 Å². The third-order valence-electron chi connectivity index (χ3n) is 4.22. The molecule has 0 aliphatic carbocycles. The smallest absolute Gasteiger partial charge is 0.224 e. The van der Waals surface area contributed by atoms with E-state index < -0.39 is 0 Å². The molecule has 0 saturated heterocycles. The molecule has 24 heavy (non-hydrogen) atoms. The van der Waals surface area contributed by atoms with E-state index in [0.29, 0.717) is 13.0 Å². The summed E-state index contributed by atoms with van der Waals surface area (Å²) >= 11 is 6.38. The van der Waals surface area contributed by atoms with Gasteiger partial charge in [0, 0.05) is 11.6 Å². The standard InChI is InChI=1S/C20H25ClN2O/c1-3-23(4-2)19(17-12-8-9-13-18(17)21)15-22-20(24)14-16-10-6-5-7-11-16/h5-13,19H,3-4,14-15H2,1-2H3,(H,22,24)/t19-/m0/s1. The Morgan fingerprint density at radius 3 is 2.29 bits per heavy atom. The fourth-order valence-electron chi connectivity index (χ4n) is 2.90. The zero-order chi connectivity index (χ0) is 17.4. The Bertz CT molecular complexity index is 641. The number of nitrogens with one attached hydrogen (secondary N) is 1. The average Bonchev–Trinajstić information content (AvgIpc) is 2.60. The number of benzene rings is 2. The van der Waals surface area contributed by atoms with Gasteiger partial charge in [-0.3, -0.25) is 9.69 Å². The van der Waals surface area contributed by atoms with E-state index in [2.05, 4.69) is 24.1 Å². The van der Waals surface area contributed by atoms with Crippen LogP contribution in [0.15, 0.2) is 54.6 Å². The van der Waals surface area contributed by atoms with Gasteiger partial charge in [-0.25, -0.2) is 0 Å². The van der Waals surface area contributed by atoms with Crippen molar-refractivity contribution in [2.75, 3.05) is 19.6 Å². The highest BCUT2D eigenvalue weighted by atomic mass is 35.5. The second kappa shape index (κ2) is 9.45. The van der Waals surface area contributed by atoms with Crippen molar-refractivity contribution in [3.63, 3.8) is 0 Å². The van der Waals surface area contributed by atoms with E-state index in [1.807, 2.05) is 54.6 Å². The summed E-state index contributed by atoms with van der Waals surface area (Å²) in [5.41, 5.74) is 2.08. The van der Waals surface area contributed by atoms with E-state index in [4.69, 9.17) is 11.6 Å². The number of rotatable bonds is 8. The van der Waals surface area contributed by atoms with Crippen LogP contribution in [0.3, 0.4) is 0 Å². The first-order valence-electron chi connectivity index (χ1n) is 8.44. The molecule has 0 bridgehead atoms. The lowest BCUT2D eigenvalue weighted by molar-refractivity contribution is -0.120. The van der Waals surface area contributed by atoms with E-state index in [9.17, 15) is 4.79 Å². The van der Waals surface area contributed by atoms with Gasteiger partial charge in [-0.2, -0.15) is 0 Å². The van der Waals surface area contributed by atoms with Crippen LogP contribution < -0.4 is 5.32 Å². The van der Waals surface area contributed by atoms with Crippen molar-refractivity contribution in [2.45, 2.75) is 26.3 Å². The Balaban J connectivity index is 2.06. The minimum atomic E-state index is 0.0328. The largest absolute Gasteiger partial charge is 0.354 e. The van der Waals surface area contributed by atoms with Gasteiger partial charge in [0.25, 0.3) is 0 Å². The van der Waals surface area contributed by atoms with Gasteiger partial charge >= 0.3 is 0 Å². The van der Waals surface area contributed by atoms with Crippen molar-refractivity contribution >= 4 is 17.5 Å². The van der Waals surface area contributed by atoms with Crippen LogP contribution in [-0.2, 0) is 11.2 Å². The molecule has 0 saturated carbocycles. The quantitative estimate of drug-likeness (QED) is 0.782. The molecule has 0 fully saturated rings. The molecule has 2 aromatic rings. The van der Waals surface area contributed by atoms with Crippen LogP contribution in [0.5, 0.6) is 0 Å². The molecule has 1 amide bonds. The molecule has 1 atom stereocenters. The molecule has 1 N–H and O–H groups in total. The third kappa shape index (κ3) is 5.08. The Kier molecular flexibility index (Phi) is 7.29. The first kappa shape index (κ1) is 18.5.